The number of fused-ring (bicyclic) bond motifs is 1. The number of rotatable bonds is 5. The summed E-state index contributed by atoms with van der Waals surface area (Å²) >= 11 is 0. The van der Waals surface area contributed by atoms with Gasteiger partial charge in [0.1, 0.15) is 11.6 Å². The minimum absolute atomic E-state index is 0.704. The van der Waals surface area contributed by atoms with Crippen LogP contribution in [0, 0.1) is 6.92 Å². The molecule has 0 radical (unpaired) electrons. The van der Waals surface area contributed by atoms with E-state index in [0.29, 0.717) is 6.61 Å². The maximum absolute atomic E-state index is 5.74. The zero-order valence-electron chi connectivity index (χ0n) is 13.4. The van der Waals surface area contributed by atoms with Gasteiger partial charge in [-0.1, -0.05) is 25.5 Å². The summed E-state index contributed by atoms with van der Waals surface area (Å²) in [5.74, 6) is 1.96. The number of aryl methyl sites for hydroxylation is 2. The second-order valence-corrected chi connectivity index (χ2v) is 5.56. The van der Waals surface area contributed by atoms with Gasteiger partial charge in [-0.15, -0.1) is 0 Å². The Kier molecular flexibility index (Phi) is 4.14. The van der Waals surface area contributed by atoms with E-state index in [1.165, 1.54) is 16.7 Å². The number of aromatic nitrogens is 2. The Hall–Kier alpha value is -2.29. The molecule has 3 rings (SSSR count). The molecule has 0 atom stereocenters. The largest absolute Gasteiger partial charge is 0.494 e. The van der Waals surface area contributed by atoms with Gasteiger partial charge in [0.15, 0.2) is 0 Å². The summed E-state index contributed by atoms with van der Waals surface area (Å²) in [4.78, 5) is 7.76. The average molecular weight is 294 g/mol. The summed E-state index contributed by atoms with van der Waals surface area (Å²) in [6.07, 6.45) is 2.15. The monoisotopic (exact) mass is 294 g/mol. The molecule has 0 unspecified atom stereocenters. The molecule has 0 fully saturated rings. The predicted octanol–water partition coefficient (Wildman–Crippen LogP) is 4.89. The fraction of sp³-hybridized carbons (Fsp3) is 0.316. The molecule has 0 spiro atoms. The molecule has 1 aromatic heterocycles. The van der Waals surface area contributed by atoms with Gasteiger partial charge in [0, 0.05) is 0 Å². The van der Waals surface area contributed by atoms with Crippen LogP contribution in [0.25, 0.3) is 22.2 Å². The second-order valence-electron chi connectivity index (χ2n) is 5.56. The van der Waals surface area contributed by atoms with Gasteiger partial charge >= 0.3 is 0 Å². The maximum atomic E-state index is 5.74. The number of aromatic amines is 1. The number of imidazole rings is 1. The van der Waals surface area contributed by atoms with E-state index in [9.17, 15) is 0 Å². The van der Waals surface area contributed by atoms with Crippen molar-refractivity contribution >= 4 is 11.0 Å². The summed E-state index contributed by atoms with van der Waals surface area (Å²) in [5.41, 5.74) is 5.81. The number of nitrogens with zero attached hydrogens (tertiary/aromatic N) is 1. The minimum atomic E-state index is 0.704. The van der Waals surface area contributed by atoms with Crippen LogP contribution in [0.5, 0.6) is 5.75 Å². The topological polar surface area (TPSA) is 37.9 Å². The minimum Gasteiger partial charge on any atom is -0.494 e. The average Bonchev–Trinajstić information content (AvgIpc) is 2.88. The molecule has 2 aromatic carbocycles. The van der Waals surface area contributed by atoms with Crippen LogP contribution < -0.4 is 4.74 Å². The van der Waals surface area contributed by atoms with E-state index >= 15 is 0 Å². The Balaban J connectivity index is 2.03. The van der Waals surface area contributed by atoms with Crippen LogP contribution in [0.15, 0.2) is 36.4 Å². The fourth-order valence-electron chi connectivity index (χ4n) is 2.84. The van der Waals surface area contributed by atoms with Crippen LogP contribution in [0.1, 0.15) is 31.7 Å². The molecule has 3 aromatic rings. The van der Waals surface area contributed by atoms with Gasteiger partial charge < -0.3 is 9.72 Å². The van der Waals surface area contributed by atoms with Gasteiger partial charge in [0.2, 0.25) is 0 Å². The Bertz CT molecular complexity index is 789. The first-order chi connectivity index (χ1) is 10.7. The van der Waals surface area contributed by atoms with Crippen molar-refractivity contribution in [3.63, 3.8) is 0 Å². The smallest absolute Gasteiger partial charge is 0.122 e. The lowest BCUT2D eigenvalue weighted by atomic mass is 10.00. The molecule has 1 heterocycles. The van der Waals surface area contributed by atoms with Gasteiger partial charge in [-0.3, -0.25) is 0 Å². The van der Waals surface area contributed by atoms with Crippen LogP contribution in [0.2, 0.25) is 0 Å². The summed E-state index contributed by atoms with van der Waals surface area (Å²) < 4.78 is 5.74. The summed E-state index contributed by atoms with van der Waals surface area (Å²) in [6.45, 7) is 6.91. The Morgan fingerprint density at radius 1 is 1.05 bits per heavy atom. The van der Waals surface area contributed by atoms with Crippen molar-refractivity contribution in [3.05, 3.63) is 47.8 Å². The lowest BCUT2D eigenvalue weighted by Gasteiger charge is -2.12. The first-order valence-electron chi connectivity index (χ1n) is 7.93. The van der Waals surface area contributed by atoms with Crippen LogP contribution in [-0.4, -0.2) is 16.6 Å². The van der Waals surface area contributed by atoms with Crippen molar-refractivity contribution in [2.24, 2.45) is 0 Å². The van der Waals surface area contributed by atoms with Crippen molar-refractivity contribution in [2.45, 2.75) is 33.6 Å². The van der Waals surface area contributed by atoms with E-state index in [4.69, 9.17) is 4.74 Å². The number of benzene rings is 2. The molecule has 0 saturated carbocycles. The lowest BCUT2D eigenvalue weighted by Crippen LogP contribution is -1.97. The summed E-state index contributed by atoms with van der Waals surface area (Å²) in [6, 6.07) is 12.8. The quantitative estimate of drug-likeness (QED) is 0.727. The van der Waals surface area contributed by atoms with E-state index in [1.807, 2.05) is 13.8 Å². The number of hydrogen-bond donors (Lipinski definition) is 1. The van der Waals surface area contributed by atoms with Crippen molar-refractivity contribution in [3.8, 4) is 16.9 Å². The third-order valence-corrected chi connectivity index (χ3v) is 3.81. The van der Waals surface area contributed by atoms with E-state index < -0.39 is 0 Å². The van der Waals surface area contributed by atoms with Crippen molar-refractivity contribution in [1.82, 2.24) is 9.97 Å². The molecule has 22 heavy (non-hydrogen) atoms. The normalized spacial score (nSPS) is 11.0. The van der Waals surface area contributed by atoms with Crippen LogP contribution in [0.4, 0.5) is 0 Å². The van der Waals surface area contributed by atoms with Gasteiger partial charge in [0.25, 0.3) is 0 Å². The highest BCUT2D eigenvalue weighted by molar-refractivity contribution is 5.82. The molecule has 1 N–H and O–H groups in total. The van der Waals surface area contributed by atoms with Gasteiger partial charge in [-0.05, 0) is 61.2 Å². The third kappa shape index (κ3) is 2.84. The highest BCUT2D eigenvalue weighted by atomic mass is 16.5. The third-order valence-electron chi connectivity index (χ3n) is 3.81. The summed E-state index contributed by atoms with van der Waals surface area (Å²) in [7, 11) is 0. The Morgan fingerprint density at radius 2 is 1.82 bits per heavy atom. The summed E-state index contributed by atoms with van der Waals surface area (Å²) in [5, 5.41) is 0. The molecular weight excluding hydrogens is 272 g/mol. The molecule has 3 heteroatoms. The van der Waals surface area contributed by atoms with Crippen LogP contribution in [-0.2, 0) is 6.42 Å². The first kappa shape index (κ1) is 14.6. The SMILES string of the molecule is CCCc1cc(-c2ccc3nc(C)[nH]c3c2)ccc1OCC. The van der Waals surface area contributed by atoms with Crippen LogP contribution >= 0.6 is 0 Å². The number of nitrogens with one attached hydrogen (secondary N) is 1. The predicted molar refractivity (Wildman–Crippen MR) is 91.4 cm³/mol. The van der Waals surface area contributed by atoms with Crippen LogP contribution in [0.3, 0.4) is 0 Å². The zero-order valence-corrected chi connectivity index (χ0v) is 13.4. The molecule has 0 saturated heterocycles. The van der Waals surface area contributed by atoms with E-state index in [-0.39, 0.29) is 0 Å². The number of hydrogen-bond acceptors (Lipinski definition) is 2. The Morgan fingerprint density at radius 3 is 2.59 bits per heavy atom. The molecule has 114 valence electrons. The molecular formula is C19H22N2O. The molecule has 0 bridgehead atoms. The van der Waals surface area contributed by atoms with E-state index in [1.54, 1.807) is 0 Å². The molecule has 3 nitrogen and oxygen atoms in total. The highest BCUT2D eigenvalue weighted by Crippen LogP contribution is 2.29. The van der Waals surface area contributed by atoms with E-state index in [0.717, 1.165) is 35.4 Å². The zero-order chi connectivity index (χ0) is 15.5. The van der Waals surface area contributed by atoms with Gasteiger partial charge in [-0.2, -0.15) is 0 Å². The molecule has 0 amide bonds. The highest BCUT2D eigenvalue weighted by Gasteiger charge is 2.07. The number of H-pyrrole nitrogens is 1. The van der Waals surface area contributed by atoms with Gasteiger partial charge in [0.05, 0.1) is 17.6 Å². The molecule has 0 aliphatic heterocycles. The fourth-order valence-corrected chi connectivity index (χ4v) is 2.84. The van der Waals surface area contributed by atoms with Gasteiger partial charge in [-0.25, -0.2) is 4.98 Å². The Labute approximate surface area is 131 Å². The standard InChI is InChI=1S/C19H22N2O/c1-4-6-16-11-14(8-10-19(16)22-5-2)15-7-9-17-18(12-15)21-13(3)20-17/h7-12H,4-6H2,1-3H3,(H,20,21). The molecule has 0 aliphatic rings. The van der Waals surface area contributed by atoms with E-state index in [2.05, 4.69) is 53.3 Å². The molecule has 0 aliphatic carbocycles. The van der Waals surface area contributed by atoms with Crippen molar-refractivity contribution in [1.29, 1.82) is 0 Å². The van der Waals surface area contributed by atoms with Crippen molar-refractivity contribution < 1.29 is 4.74 Å². The van der Waals surface area contributed by atoms with Crippen molar-refractivity contribution in [2.75, 3.05) is 6.61 Å². The first-order valence-corrected chi connectivity index (χ1v) is 7.93. The lowest BCUT2D eigenvalue weighted by molar-refractivity contribution is 0.336. The second kappa shape index (κ2) is 6.22. The maximum Gasteiger partial charge on any atom is 0.122 e. The number of ether oxygens (including phenoxy) is 1.